The maximum absolute atomic E-state index is 8.83. The highest BCUT2D eigenvalue weighted by Gasteiger charge is 2.16. The van der Waals surface area contributed by atoms with Gasteiger partial charge in [-0.05, 0) is 5.46 Å². The van der Waals surface area contributed by atoms with E-state index >= 15 is 0 Å². The number of ether oxygens (including phenoxy) is 1. The first kappa shape index (κ1) is 9.03. The summed E-state index contributed by atoms with van der Waals surface area (Å²) in [6, 6.07) is 3.19. The quantitative estimate of drug-likeness (QED) is 0.404. The van der Waals surface area contributed by atoms with E-state index in [0.717, 1.165) is 0 Å². The summed E-state index contributed by atoms with van der Waals surface area (Å²) >= 11 is 0. The molecule has 0 spiro atoms. The molecule has 1 aromatic heterocycles. The second-order valence-corrected chi connectivity index (χ2v) is 2.49. The van der Waals surface area contributed by atoms with Gasteiger partial charge in [-0.2, -0.15) is 4.57 Å². The van der Waals surface area contributed by atoms with Crippen molar-refractivity contribution in [3.63, 3.8) is 0 Å². The average molecular weight is 168 g/mol. The zero-order chi connectivity index (χ0) is 9.14. The lowest BCUT2D eigenvalue weighted by Crippen LogP contribution is -2.37. The molecule has 0 bridgehead atoms. The van der Waals surface area contributed by atoms with E-state index in [1.54, 1.807) is 22.9 Å². The highest BCUT2D eigenvalue weighted by Crippen LogP contribution is 1.97. The van der Waals surface area contributed by atoms with Crippen LogP contribution in [0.25, 0.3) is 0 Å². The fourth-order valence-electron chi connectivity index (χ4n) is 0.927. The molecule has 0 fully saturated rings. The average Bonchev–Trinajstić information content (AvgIpc) is 2.05. The highest BCUT2D eigenvalue weighted by atomic mass is 16.5. The van der Waals surface area contributed by atoms with Crippen molar-refractivity contribution in [2.24, 2.45) is 7.05 Å². The van der Waals surface area contributed by atoms with Crippen LogP contribution in [0.2, 0.25) is 0 Å². The minimum atomic E-state index is -1.44. The summed E-state index contributed by atoms with van der Waals surface area (Å²) < 4.78 is 6.72. The van der Waals surface area contributed by atoms with Crippen molar-refractivity contribution in [2.75, 3.05) is 7.11 Å². The Morgan fingerprint density at radius 2 is 2.17 bits per heavy atom. The molecule has 5 heteroatoms. The summed E-state index contributed by atoms with van der Waals surface area (Å²) in [6.45, 7) is 0. The molecule has 4 nitrogen and oxygen atoms in total. The van der Waals surface area contributed by atoms with Gasteiger partial charge in [0.1, 0.15) is 7.05 Å². The van der Waals surface area contributed by atoms with Crippen LogP contribution in [0.5, 0.6) is 5.88 Å². The maximum Gasteiger partial charge on any atom is 0.489 e. The van der Waals surface area contributed by atoms with E-state index in [-0.39, 0.29) is 0 Å². The second-order valence-electron chi connectivity index (χ2n) is 2.49. The summed E-state index contributed by atoms with van der Waals surface area (Å²) in [6.07, 6.45) is 1.70. The molecular formula is C7H11BNO3+. The molecule has 0 radical (unpaired) electrons. The first-order valence-corrected chi connectivity index (χ1v) is 3.55. The summed E-state index contributed by atoms with van der Waals surface area (Å²) in [4.78, 5) is 0. The lowest BCUT2D eigenvalue weighted by Gasteiger charge is -2.00. The van der Waals surface area contributed by atoms with Gasteiger partial charge in [0.25, 0.3) is 0 Å². The van der Waals surface area contributed by atoms with Crippen LogP contribution in [0.15, 0.2) is 18.3 Å². The zero-order valence-electron chi connectivity index (χ0n) is 7.06. The number of nitrogens with zero attached hydrogens (tertiary/aromatic N) is 1. The Balaban J connectivity index is 3.05. The van der Waals surface area contributed by atoms with E-state index in [1.807, 2.05) is 7.05 Å². The minimum absolute atomic E-state index is 0.421. The predicted octanol–water partition coefficient (Wildman–Crippen LogP) is -1.80. The number of methoxy groups -OCH3 is 1. The third-order valence-corrected chi connectivity index (χ3v) is 1.64. The Labute approximate surface area is 71.2 Å². The van der Waals surface area contributed by atoms with Gasteiger partial charge in [0.05, 0.1) is 13.2 Å². The van der Waals surface area contributed by atoms with Crippen LogP contribution in [-0.4, -0.2) is 24.3 Å². The second kappa shape index (κ2) is 3.56. The van der Waals surface area contributed by atoms with Gasteiger partial charge < -0.3 is 14.8 Å². The molecule has 2 N–H and O–H groups in total. The fraction of sp³-hybridized carbons (Fsp3) is 0.286. The van der Waals surface area contributed by atoms with Gasteiger partial charge >= 0.3 is 13.0 Å². The van der Waals surface area contributed by atoms with Crippen LogP contribution in [0.1, 0.15) is 0 Å². The first-order valence-electron chi connectivity index (χ1n) is 3.55. The molecule has 0 atom stereocenters. The summed E-state index contributed by atoms with van der Waals surface area (Å²) in [5.74, 6) is 0.584. The van der Waals surface area contributed by atoms with Crippen molar-refractivity contribution >= 4 is 12.6 Å². The lowest BCUT2D eigenvalue weighted by molar-refractivity contribution is -0.676. The monoisotopic (exact) mass is 168 g/mol. The molecule has 1 heterocycles. The highest BCUT2D eigenvalue weighted by molar-refractivity contribution is 6.58. The van der Waals surface area contributed by atoms with Crippen LogP contribution in [0, 0.1) is 0 Å². The number of aromatic nitrogens is 1. The molecule has 0 saturated heterocycles. The van der Waals surface area contributed by atoms with E-state index in [0.29, 0.717) is 11.3 Å². The number of hydrogen-bond acceptors (Lipinski definition) is 3. The molecule has 0 aromatic carbocycles. The Morgan fingerprint density at radius 3 is 2.67 bits per heavy atom. The van der Waals surface area contributed by atoms with Gasteiger partial charge in [0.2, 0.25) is 0 Å². The minimum Gasteiger partial charge on any atom is -0.448 e. The van der Waals surface area contributed by atoms with Gasteiger partial charge in [-0.1, -0.05) is 0 Å². The number of aryl methyl sites for hydroxylation is 1. The van der Waals surface area contributed by atoms with Gasteiger partial charge in [0, 0.05) is 6.07 Å². The lowest BCUT2D eigenvalue weighted by atomic mass is 9.81. The Bertz CT molecular complexity index is 277. The van der Waals surface area contributed by atoms with Crippen molar-refractivity contribution < 1.29 is 19.4 Å². The smallest absolute Gasteiger partial charge is 0.448 e. The van der Waals surface area contributed by atoms with Gasteiger partial charge in [-0.25, -0.2) is 0 Å². The number of rotatable bonds is 2. The number of hydrogen-bond donors (Lipinski definition) is 2. The van der Waals surface area contributed by atoms with Gasteiger partial charge in [0.15, 0.2) is 6.20 Å². The Kier molecular flexibility index (Phi) is 2.67. The predicted molar refractivity (Wildman–Crippen MR) is 44.0 cm³/mol. The van der Waals surface area contributed by atoms with Crippen LogP contribution < -0.4 is 14.8 Å². The topological polar surface area (TPSA) is 53.6 Å². The number of pyridine rings is 1. The summed E-state index contributed by atoms with van der Waals surface area (Å²) in [5.41, 5.74) is 0.421. The zero-order valence-corrected chi connectivity index (χ0v) is 7.06. The maximum atomic E-state index is 8.83. The molecular weight excluding hydrogens is 157 g/mol. The summed E-state index contributed by atoms with van der Waals surface area (Å²) in [7, 11) is 1.90. The normalized spacial score (nSPS) is 9.67. The molecule has 0 saturated carbocycles. The van der Waals surface area contributed by atoms with Crippen LogP contribution in [0.4, 0.5) is 0 Å². The van der Waals surface area contributed by atoms with E-state index in [4.69, 9.17) is 14.8 Å². The van der Waals surface area contributed by atoms with Crippen molar-refractivity contribution in [3.8, 4) is 5.88 Å². The van der Waals surface area contributed by atoms with E-state index in [1.165, 1.54) is 7.11 Å². The van der Waals surface area contributed by atoms with Crippen LogP contribution in [-0.2, 0) is 7.05 Å². The molecule has 0 aliphatic carbocycles. The molecule has 64 valence electrons. The third-order valence-electron chi connectivity index (χ3n) is 1.64. The van der Waals surface area contributed by atoms with Gasteiger partial charge in [-0.3, -0.25) is 0 Å². The molecule has 1 aromatic rings. The van der Waals surface area contributed by atoms with E-state index < -0.39 is 7.12 Å². The van der Waals surface area contributed by atoms with Crippen molar-refractivity contribution in [3.05, 3.63) is 18.3 Å². The molecule has 0 unspecified atom stereocenters. The third kappa shape index (κ3) is 1.75. The summed E-state index contributed by atoms with van der Waals surface area (Å²) in [5, 5.41) is 17.7. The van der Waals surface area contributed by atoms with Gasteiger partial charge in [-0.15, -0.1) is 0 Å². The molecule has 1 rings (SSSR count). The Morgan fingerprint density at radius 1 is 1.50 bits per heavy atom. The fourth-order valence-corrected chi connectivity index (χ4v) is 0.927. The van der Waals surface area contributed by atoms with E-state index in [2.05, 4.69) is 0 Å². The standard InChI is InChI=1S/C7H11BNO3/c1-9-4-3-6(8(10)11)5-7(9)12-2/h3-5,10-11H,1-2H3/q+1. The van der Waals surface area contributed by atoms with Crippen molar-refractivity contribution in [1.29, 1.82) is 0 Å². The van der Waals surface area contributed by atoms with Crippen LogP contribution >= 0.6 is 0 Å². The Hall–Kier alpha value is -1.07. The molecule has 12 heavy (non-hydrogen) atoms. The van der Waals surface area contributed by atoms with Crippen LogP contribution in [0.3, 0.4) is 0 Å². The molecule has 0 amide bonds. The molecule has 0 aliphatic rings. The molecule has 0 aliphatic heterocycles. The van der Waals surface area contributed by atoms with Crippen molar-refractivity contribution in [1.82, 2.24) is 0 Å². The first-order chi connectivity index (χ1) is 5.65. The van der Waals surface area contributed by atoms with Crippen molar-refractivity contribution in [2.45, 2.75) is 0 Å². The van der Waals surface area contributed by atoms with E-state index in [9.17, 15) is 0 Å². The SMILES string of the molecule is COc1cc(B(O)O)cc[n+]1C. The largest absolute Gasteiger partial charge is 0.489 e.